The Labute approximate surface area is 108 Å². The molecular formula is C14H21N3O. The van der Waals surface area contributed by atoms with Gasteiger partial charge in [0.05, 0.1) is 0 Å². The summed E-state index contributed by atoms with van der Waals surface area (Å²) in [4.78, 5) is 15.8. The Morgan fingerprint density at radius 2 is 2.22 bits per heavy atom. The Morgan fingerprint density at radius 3 is 2.83 bits per heavy atom. The van der Waals surface area contributed by atoms with E-state index in [9.17, 15) is 4.79 Å². The van der Waals surface area contributed by atoms with Gasteiger partial charge >= 0.3 is 0 Å². The Bertz CT molecular complexity index is 442. The van der Waals surface area contributed by atoms with Crippen molar-refractivity contribution in [3.8, 4) is 0 Å². The maximum atomic E-state index is 11.8. The zero-order valence-corrected chi connectivity index (χ0v) is 11.3. The third-order valence-corrected chi connectivity index (χ3v) is 3.59. The van der Waals surface area contributed by atoms with Gasteiger partial charge in [-0.2, -0.15) is 0 Å². The first kappa shape index (κ1) is 12.9. The highest BCUT2D eigenvalue weighted by molar-refractivity contribution is 5.82. The van der Waals surface area contributed by atoms with Crippen molar-refractivity contribution in [1.29, 1.82) is 0 Å². The number of hydrogen-bond acceptors (Lipinski definition) is 3. The van der Waals surface area contributed by atoms with Crippen molar-refractivity contribution in [2.45, 2.75) is 27.2 Å². The van der Waals surface area contributed by atoms with E-state index in [4.69, 9.17) is 0 Å². The third kappa shape index (κ3) is 3.00. The van der Waals surface area contributed by atoms with E-state index in [1.54, 1.807) is 6.20 Å². The number of nitrogens with one attached hydrogen (secondary N) is 2. The maximum Gasteiger partial charge on any atom is 0.223 e. The van der Waals surface area contributed by atoms with Gasteiger partial charge in [-0.3, -0.25) is 9.78 Å². The zero-order valence-electron chi connectivity index (χ0n) is 11.3. The van der Waals surface area contributed by atoms with Crippen LogP contribution in [0, 0.1) is 18.3 Å². The molecule has 0 saturated heterocycles. The summed E-state index contributed by atoms with van der Waals surface area (Å²) in [6, 6.07) is 1.95. The van der Waals surface area contributed by atoms with Gasteiger partial charge in [0.15, 0.2) is 0 Å². The second kappa shape index (κ2) is 4.96. The van der Waals surface area contributed by atoms with E-state index in [1.165, 1.54) is 0 Å². The molecule has 1 aromatic heterocycles. The van der Waals surface area contributed by atoms with Crippen LogP contribution in [-0.4, -0.2) is 24.0 Å². The molecule has 2 rings (SSSR count). The number of carbonyl (C=O) groups excluding carboxylic acids is 1. The fourth-order valence-electron chi connectivity index (χ4n) is 2.09. The van der Waals surface area contributed by atoms with Crippen LogP contribution >= 0.6 is 0 Å². The molecule has 0 aliphatic heterocycles. The molecule has 1 atom stereocenters. The molecule has 18 heavy (non-hydrogen) atoms. The molecule has 1 saturated carbocycles. The molecule has 1 aliphatic carbocycles. The second-order valence-electron chi connectivity index (χ2n) is 5.65. The minimum absolute atomic E-state index is 0.188. The summed E-state index contributed by atoms with van der Waals surface area (Å²) in [5.41, 5.74) is 2.40. The summed E-state index contributed by atoms with van der Waals surface area (Å²) in [6.07, 6.45) is 4.60. The first-order valence-corrected chi connectivity index (χ1v) is 6.43. The standard InChI is InChI=1S/C14H21N3O/c1-10-9-15-5-4-12(10)16-6-7-17-13(18)11-8-14(11,2)3/h4-5,9,11H,6-8H2,1-3H3,(H,15,16)(H,17,18). The molecule has 1 heterocycles. The predicted octanol–water partition coefficient (Wildman–Crippen LogP) is 1.96. The van der Waals surface area contributed by atoms with Crippen molar-refractivity contribution < 1.29 is 4.79 Å². The molecule has 0 spiro atoms. The molecule has 4 nitrogen and oxygen atoms in total. The number of anilines is 1. The quantitative estimate of drug-likeness (QED) is 0.782. The van der Waals surface area contributed by atoms with Crippen molar-refractivity contribution in [2.24, 2.45) is 11.3 Å². The van der Waals surface area contributed by atoms with Gasteiger partial charge in [-0.05, 0) is 30.4 Å². The monoisotopic (exact) mass is 247 g/mol. The molecule has 1 aliphatic rings. The van der Waals surface area contributed by atoms with E-state index in [1.807, 2.05) is 19.2 Å². The summed E-state index contributed by atoms with van der Waals surface area (Å²) in [7, 11) is 0. The number of aryl methyl sites for hydroxylation is 1. The van der Waals surface area contributed by atoms with Crippen LogP contribution in [0.15, 0.2) is 18.5 Å². The lowest BCUT2D eigenvalue weighted by atomic mass is 10.1. The second-order valence-corrected chi connectivity index (χ2v) is 5.65. The first-order chi connectivity index (χ1) is 8.50. The van der Waals surface area contributed by atoms with Gasteiger partial charge < -0.3 is 10.6 Å². The first-order valence-electron chi connectivity index (χ1n) is 6.43. The van der Waals surface area contributed by atoms with Gasteiger partial charge in [-0.15, -0.1) is 0 Å². The average molecular weight is 247 g/mol. The van der Waals surface area contributed by atoms with Crippen molar-refractivity contribution >= 4 is 11.6 Å². The van der Waals surface area contributed by atoms with Crippen molar-refractivity contribution in [1.82, 2.24) is 10.3 Å². The lowest BCUT2D eigenvalue weighted by molar-refractivity contribution is -0.122. The number of amides is 1. The molecule has 0 bridgehead atoms. The Morgan fingerprint density at radius 1 is 1.50 bits per heavy atom. The van der Waals surface area contributed by atoms with E-state index < -0.39 is 0 Å². The van der Waals surface area contributed by atoms with Gasteiger partial charge in [0.1, 0.15) is 0 Å². The molecule has 1 unspecified atom stereocenters. The third-order valence-electron chi connectivity index (χ3n) is 3.59. The van der Waals surface area contributed by atoms with Crippen LogP contribution in [-0.2, 0) is 4.79 Å². The van der Waals surface area contributed by atoms with Crippen molar-refractivity contribution in [2.75, 3.05) is 18.4 Å². The summed E-state index contributed by atoms with van der Waals surface area (Å²) in [6.45, 7) is 7.68. The highest BCUT2D eigenvalue weighted by Crippen LogP contribution is 2.51. The molecule has 4 heteroatoms. The maximum absolute atomic E-state index is 11.8. The van der Waals surface area contributed by atoms with Crippen LogP contribution in [0.2, 0.25) is 0 Å². The van der Waals surface area contributed by atoms with Crippen LogP contribution in [0.25, 0.3) is 0 Å². The van der Waals surface area contributed by atoms with Gasteiger partial charge in [-0.1, -0.05) is 13.8 Å². The van der Waals surface area contributed by atoms with E-state index in [0.29, 0.717) is 6.54 Å². The molecule has 98 valence electrons. The van der Waals surface area contributed by atoms with Crippen LogP contribution in [0.5, 0.6) is 0 Å². The number of aromatic nitrogens is 1. The van der Waals surface area contributed by atoms with E-state index in [2.05, 4.69) is 29.5 Å². The van der Waals surface area contributed by atoms with E-state index in [0.717, 1.165) is 24.2 Å². The number of carbonyl (C=O) groups is 1. The molecule has 1 aromatic rings. The van der Waals surface area contributed by atoms with E-state index >= 15 is 0 Å². The van der Waals surface area contributed by atoms with E-state index in [-0.39, 0.29) is 17.2 Å². The molecule has 2 N–H and O–H groups in total. The van der Waals surface area contributed by atoms with Gasteiger partial charge in [0, 0.05) is 37.1 Å². The van der Waals surface area contributed by atoms with Gasteiger partial charge in [0.2, 0.25) is 5.91 Å². The lowest BCUT2D eigenvalue weighted by Crippen LogP contribution is -2.31. The topological polar surface area (TPSA) is 54.0 Å². The van der Waals surface area contributed by atoms with Crippen LogP contribution in [0.3, 0.4) is 0 Å². The molecular weight excluding hydrogens is 226 g/mol. The fraction of sp³-hybridized carbons (Fsp3) is 0.571. The van der Waals surface area contributed by atoms with Gasteiger partial charge in [0.25, 0.3) is 0 Å². The number of rotatable bonds is 5. The number of nitrogens with zero attached hydrogens (tertiary/aromatic N) is 1. The molecule has 1 fully saturated rings. The Kier molecular flexibility index (Phi) is 3.55. The predicted molar refractivity (Wildman–Crippen MR) is 72.4 cm³/mol. The largest absolute Gasteiger partial charge is 0.383 e. The Balaban J connectivity index is 1.68. The molecule has 1 amide bonds. The smallest absolute Gasteiger partial charge is 0.223 e. The minimum Gasteiger partial charge on any atom is -0.383 e. The van der Waals surface area contributed by atoms with Crippen molar-refractivity contribution in [3.05, 3.63) is 24.0 Å². The van der Waals surface area contributed by atoms with Crippen molar-refractivity contribution in [3.63, 3.8) is 0 Å². The number of hydrogen-bond donors (Lipinski definition) is 2. The summed E-state index contributed by atoms with van der Waals surface area (Å²) in [5.74, 6) is 0.397. The fourth-order valence-corrected chi connectivity index (χ4v) is 2.09. The molecule has 0 aromatic carbocycles. The normalized spacial score (nSPS) is 20.3. The summed E-state index contributed by atoms with van der Waals surface area (Å²) < 4.78 is 0. The van der Waals surface area contributed by atoms with Crippen LogP contribution in [0.4, 0.5) is 5.69 Å². The highest BCUT2D eigenvalue weighted by atomic mass is 16.2. The number of pyridine rings is 1. The molecule has 0 radical (unpaired) electrons. The lowest BCUT2D eigenvalue weighted by Gasteiger charge is -2.10. The highest BCUT2D eigenvalue weighted by Gasteiger charge is 2.50. The van der Waals surface area contributed by atoms with Gasteiger partial charge in [-0.25, -0.2) is 0 Å². The van der Waals surface area contributed by atoms with Crippen LogP contribution < -0.4 is 10.6 Å². The Hall–Kier alpha value is -1.58. The SMILES string of the molecule is Cc1cnccc1NCCNC(=O)C1CC1(C)C. The minimum atomic E-state index is 0.188. The zero-order chi connectivity index (χ0) is 13.2. The summed E-state index contributed by atoms with van der Waals surface area (Å²) in [5, 5.41) is 6.27. The summed E-state index contributed by atoms with van der Waals surface area (Å²) >= 11 is 0. The average Bonchev–Trinajstić information content (AvgIpc) is 2.96. The van der Waals surface area contributed by atoms with Crippen LogP contribution in [0.1, 0.15) is 25.8 Å².